The molecule has 10 rings (SSSR count). The number of hydrogen-bond acceptors (Lipinski definition) is 12. The number of esters is 1. The Morgan fingerprint density at radius 3 is 1.83 bits per heavy atom. The van der Waals surface area contributed by atoms with Gasteiger partial charge in [0.05, 0.1) is 24.5 Å². The molecule has 2 amide bonds. The Morgan fingerprint density at radius 2 is 1.26 bits per heavy atom. The predicted molar refractivity (Wildman–Crippen MR) is 291 cm³/mol. The maximum absolute atomic E-state index is 13.9. The molecular weight excluding hydrogens is 1000 g/mol. The van der Waals surface area contributed by atoms with Crippen LogP contribution in [0.2, 0.25) is 0 Å². The number of aryl methyl sites for hydroxylation is 2. The second-order valence-electron chi connectivity index (χ2n) is 18.9. The van der Waals surface area contributed by atoms with Crippen LogP contribution in [0.3, 0.4) is 0 Å². The van der Waals surface area contributed by atoms with Crippen LogP contribution in [0.1, 0.15) is 97.7 Å². The summed E-state index contributed by atoms with van der Waals surface area (Å²) in [6.45, 7) is 3.45. The summed E-state index contributed by atoms with van der Waals surface area (Å²) in [4.78, 5) is 67.6. The first-order chi connectivity index (χ1) is 37.3. The number of amides is 2. The van der Waals surface area contributed by atoms with Crippen molar-refractivity contribution in [1.82, 2.24) is 29.4 Å². The summed E-state index contributed by atoms with van der Waals surface area (Å²) in [6.07, 6.45) is 4.65. The minimum atomic E-state index is -1.91. The minimum Gasteiger partial charge on any atom is -0.502 e. The molecule has 7 aromatic rings. The van der Waals surface area contributed by atoms with E-state index in [1.807, 2.05) is 117 Å². The van der Waals surface area contributed by atoms with Gasteiger partial charge in [0.1, 0.15) is 6.04 Å². The van der Waals surface area contributed by atoms with E-state index >= 15 is 0 Å². The van der Waals surface area contributed by atoms with Crippen molar-refractivity contribution >= 4 is 30.4 Å². The molecule has 0 unspecified atom stereocenters. The van der Waals surface area contributed by atoms with Crippen LogP contribution in [0.25, 0.3) is 0 Å². The van der Waals surface area contributed by atoms with Crippen molar-refractivity contribution in [3.05, 3.63) is 235 Å². The lowest BCUT2D eigenvalue weighted by atomic mass is 9.81. The van der Waals surface area contributed by atoms with Crippen LogP contribution in [-0.2, 0) is 28.8 Å². The van der Waals surface area contributed by atoms with Gasteiger partial charge in [-0.3, -0.25) is 33.3 Å². The normalized spacial score (nSPS) is 16.0. The van der Waals surface area contributed by atoms with E-state index in [4.69, 9.17) is 15.2 Å². The van der Waals surface area contributed by atoms with Gasteiger partial charge in [-0.15, -0.1) is 0 Å². The van der Waals surface area contributed by atoms with Gasteiger partial charge >= 0.3 is 5.97 Å². The zero-order chi connectivity index (χ0) is 54.8. The van der Waals surface area contributed by atoms with Crippen molar-refractivity contribution < 1.29 is 37.7 Å². The van der Waals surface area contributed by atoms with Crippen LogP contribution in [0, 0.1) is 0 Å². The van der Waals surface area contributed by atoms with Crippen LogP contribution in [-0.4, -0.2) is 97.0 Å². The van der Waals surface area contributed by atoms with Crippen molar-refractivity contribution in [2.24, 2.45) is 5.73 Å². The van der Waals surface area contributed by atoms with Crippen LogP contribution in [0.15, 0.2) is 174 Å². The number of fused-ring (bicyclic) bond motifs is 4. The monoisotopic (exact) mass is 1060 g/mol. The maximum atomic E-state index is 13.9. The number of ether oxygens (including phenoxy) is 2. The van der Waals surface area contributed by atoms with Crippen molar-refractivity contribution in [3.63, 3.8) is 0 Å². The summed E-state index contributed by atoms with van der Waals surface area (Å²) in [7, 11) is 0. The van der Waals surface area contributed by atoms with Gasteiger partial charge in [-0.25, -0.2) is 0 Å². The first-order valence-corrected chi connectivity index (χ1v) is 26.0. The number of hydrogen-bond donors (Lipinski definition) is 3. The first-order valence-electron chi connectivity index (χ1n) is 25.1. The van der Waals surface area contributed by atoms with Crippen molar-refractivity contribution in [1.29, 1.82) is 0 Å². The molecule has 18 heteroatoms. The summed E-state index contributed by atoms with van der Waals surface area (Å²) in [5, 5.41) is 19.0. The number of thiol groups is 1. The molecule has 0 fully saturated rings. The summed E-state index contributed by atoms with van der Waals surface area (Å²) in [5.74, 6) is -3.13. The molecule has 5 aromatic carbocycles. The molecule has 77 heavy (non-hydrogen) atoms. The van der Waals surface area contributed by atoms with Gasteiger partial charge in [-0.05, 0) is 78.3 Å². The Labute approximate surface area is 449 Å². The molecule has 0 saturated heterocycles. The van der Waals surface area contributed by atoms with Crippen LogP contribution >= 0.6 is 12.6 Å². The highest BCUT2D eigenvalue weighted by Crippen LogP contribution is 2.44. The molecule has 398 valence electrons. The number of halogens is 2. The second-order valence-corrected chi connectivity index (χ2v) is 18.9. The highest BCUT2D eigenvalue weighted by atomic mass is 32.1. The van der Waals surface area contributed by atoms with Gasteiger partial charge in [0.15, 0.2) is 17.1 Å². The number of nitrogens with zero attached hydrogens (tertiary/aromatic N) is 6. The Morgan fingerprint density at radius 1 is 0.727 bits per heavy atom. The van der Waals surface area contributed by atoms with Gasteiger partial charge in [0.2, 0.25) is 23.4 Å². The lowest BCUT2D eigenvalue weighted by Gasteiger charge is -2.41. The van der Waals surface area contributed by atoms with E-state index in [0.717, 1.165) is 35.7 Å². The number of carbonyl (C=O) groups excluding carboxylic acids is 3. The lowest BCUT2D eigenvalue weighted by Crippen LogP contribution is -2.50. The third-order valence-electron chi connectivity index (χ3n) is 14.0. The quantitative estimate of drug-likeness (QED) is 0.0574. The Bertz CT molecular complexity index is 3270. The second kappa shape index (κ2) is 25.1. The molecule has 2 aromatic heterocycles. The molecular formula is C59H59F2N7O8S. The number of carbonyl (C=O) groups is 3. The van der Waals surface area contributed by atoms with Gasteiger partial charge in [-0.1, -0.05) is 140 Å². The van der Waals surface area contributed by atoms with Gasteiger partial charge in [0.25, 0.3) is 17.9 Å². The maximum Gasteiger partial charge on any atom is 0.326 e. The zero-order valence-electron chi connectivity index (χ0n) is 42.7. The highest BCUT2D eigenvalue weighted by Gasteiger charge is 2.43. The van der Waals surface area contributed by atoms with E-state index in [2.05, 4.69) is 59.2 Å². The largest absolute Gasteiger partial charge is 0.502 e. The molecule has 0 spiro atoms. The number of benzene rings is 5. The third kappa shape index (κ3) is 12.1. The van der Waals surface area contributed by atoms with E-state index in [0.29, 0.717) is 19.0 Å². The molecule has 0 bridgehead atoms. The Hall–Kier alpha value is -8.22. The summed E-state index contributed by atoms with van der Waals surface area (Å²) < 4.78 is 39.6. The van der Waals surface area contributed by atoms with Gasteiger partial charge in [-0.2, -0.15) is 31.6 Å². The van der Waals surface area contributed by atoms with Gasteiger partial charge < -0.3 is 30.1 Å². The molecule has 4 heterocycles. The molecule has 3 N–H and O–H groups in total. The van der Waals surface area contributed by atoms with Crippen LogP contribution in [0.5, 0.6) is 11.5 Å². The number of rotatable bonds is 13. The number of nitrogens with two attached hydrogens (primary N) is 1. The van der Waals surface area contributed by atoms with E-state index in [1.165, 1.54) is 38.0 Å². The predicted octanol–water partition coefficient (Wildman–Crippen LogP) is 8.13. The van der Waals surface area contributed by atoms with E-state index < -0.39 is 53.4 Å². The molecule has 3 atom stereocenters. The fourth-order valence-corrected chi connectivity index (χ4v) is 10.4. The first kappa shape index (κ1) is 55.0. The highest BCUT2D eigenvalue weighted by molar-refractivity contribution is 7.79. The molecule has 3 aliphatic rings. The van der Waals surface area contributed by atoms with E-state index in [9.17, 15) is 37.9 Å². The third-order valence-corrected chi connectivity index (χ3v) is 14.0. The van der Waals surface area contributed by atoms with Crippen LogP contribution in [0.4, 0.5) is 8.78 Å². The Kier molecular flexibility index (Phi) is 17.9. The molecule has 0 saturated carbocycles. The fraction of sp³-hybridized carbons (Fsp3) is 0.271. The van der Waals surface area contributed by atoms with Crippen LogP contribution < -0.4 is 21.3 Å². The topological polar surface area (TPSA) is 192 Å². The van der Waals surface area contributed by atoms with Crippen molar-refractivity contribution in [3.8, 4) is 11.5 Å². The van der Waals surface area contributed by atoms with E-state index in [1.54, 1.807) is 15.8 Å². The number of aromatic hydroxyl groups is 1. The van der Waals surface area contributed by atoms with Crippen molar-refractivity contribution in [2.45, 2.75) is 69.1 Å². The molecule has 2 aliphatic heterocycles. The molecule has 15 nitrogen and oxygen atoms in total. The average molecular weight is 1060 g/mol. The summed E-state index contributed by atoms with van der Waals surface area (Å²) in [6, 6.07) is 43.3. The molecule has 1 aliphatic carbocycles. The summed E-state index contributed by atoms with van der Waals surface area (Å²) in [5.41, 5.74) is 12.0. The Balaban J connectivity index is 0.000000209. The summed E-state index contributed by atoms with van der Waals surface area (Å²) >= 11 is 3.53. The smallest absolute Gasteiger partial charge is 0.326 e. The minimum absolute atomic E-state index is 0.0475. The SMILES string of the molecule is CC(C)N1C[C@H](C2c3ccccc3CCc3ccccc32)n2ncc(=O)c(OCOC(=O)[C@H](N)Cc3ccccc3)c2C1=O.CS.O=C1c2c(O)c(=O)cnn2[C@@H](C(c2ccccc2)c2ccccc2)CN1CC=C(F)F. The number of aromatic nitrogens is 4. The van der Waals surface area contributed by atoms with Crippen molar-refractivity contribution in [2.75, 3.05) is 32.7 Å². The van der Waals surface area contributed by atoms with E-state index in [-0.39, 0.29) is 60.1 Å². The van der Waals surface area contributed by atoms with Gasteiger partial charge in [0, 0.05) is 43.6 Å². The lowest BCUT2D eigenvalue weighted by molar-refractivity contribution is -0.151. The standard InChI is InChI=1S/C35H36N4O5.C23H19F2N3O3.CH4S/c1-22(2)38-20-29(31-26-14-8-6-12-24(26)16-17-25-13-7-9-15-27(25)31)39-32(34(38)41)33(30(40)19-37-39)43-21-44-35(42)28(36)18-23-10-4-3-5-11-23;24-19(25)11-12-27-14-17(28-21(23(27)31)22(30)18(29)13-26-28)20(15-7-3-1-4-8-15)16-9-5-2-6-10-16;1-2/h3-15,19,22,28-29,31H,16-18,20-21,36H2,1-2H3;1-11,13,17,20,30H,12,14H2;2H,1H3/t28-,29-;17-;/m11./s1. The molecule has 0 radical (unpaired) electrons. The fourth-order valence-electron chi connectivity index (χ4n) is 10.4. The zero-order valence-corrected chi connectivity index (χ0v) is 43.6. The average Bonchev–Trinajstić information content (AvgIpc) is 3.69.